The first-order chi connectivity index (χ1) is 4.61. The van der Waals surface area contributed by atoms with Crippen molar-refractivity contribution in [3.05, 3.63) is 34.1 Å². The van der Waals surface area contributed by atoms with Gasteiger partial charge in [0.05, 0.1) is 0 Å². The van der Waals surface area contributed by atoms with Crippen molar-refractivity contribution in [3.63, 3.8) is 0 Å². The van der Waals surface area contributed by atoms with E-state index in [1.165, 1.54) is 12.1 Å². The first-order valence-corrected chi connectivity index (χ1v) is 3.41. The fourth-order valence-corrected chi connectivity index (χ4v) is 1.03. The summed E-state index contributed by atoms with van der Waals surface area (Å²) in [6.45, 7) is 3.71. The van der Waals surface area contributed by atoms with Gasteiger partial charge in [-0.2, -0.15) is 0 Å². The number of aryl methyl sites for hydroxylation is 1. The van der Waals surface area contributed by atoms with Crippen LogP contribution in [0.25, 0.3) is 0 Å². The van der Waals surface area contributed by atoms with Crippen molar-refractivity contribution in [2.24, 2.45) is 0 Å². The standard InChI is InChI=1S/C8H8ClF/c1-5-3-7(10)4-8(9)6(5)2/h3-4H,1-2H3. The molecule has 0 fully saturated rings. The normalized spacial score (nSPS) is 10.0. The predicted molar refractivity (Wildman–Crippen MR) is 40.9 cm³/mol. The van der Waals surface area contributed by atoms with Crippen molar-refractivity contribution in [2.45, 2.75) is 13.8 Å². The van der Waals surface area contributed by atoms with Crippen molar-refractivity contribution in [2.75, 3.05) is 0 Å². The second-order valence-electron chi connectivity index (χ2n) is 2.33. The largest absolute Gasteiger partial charge is 0.207 e. The highest BCUT2D eigenvalue weighted by Crippen LogP contribution is 2.19. The summed E-state index contributed by atoms with van der Waals surface area (Å²) in [5.41, 5.74) is 1.84. The SMILES string of the molecule is Cc1cc(F)cc(Cl)c1C. The Balaban J connectivity index is 3.31. The van der Waals surface area contributed by atoms with E-state index in [0.717, 1.165) is 11.1 Å². The molecule has 0 radical (unpaired) electrons. The smallest absolute Gasteiger partial charge is 0.124 e. The highest BCUT2D eigenvalue weighted by Gasteiger charge is 2.00. The molecule has 0 bridgehead atoms. The Kier molecular flexibility index (Phi) is 1.95. The van der Waals surface area contributed by atoms with Crippen LogP contribution in [0.2, 0.25) is 5.02 Å². The number of benzene rings is 1. The molecule has 2 heteroatoms. The zero-order valence-electron chi connectivity index (χ0n) is 5.91. The van der Waals surface area contributed by atoms with E-state index in [0.29, 0.717) is 5.02 Å². The van der Waals surface area contributed by atoms with Gasteiger partial charge in [0.25, 0.3) is 0 Å². The van der Waals surface area contributed by atoms with Crippen LogP contribution in [0.1, 0.15) is 11.1 Å². The molecule has 0 atom stereocenters. The summed E-state index contributed by atoms with van der Waals surface area (Å²) in [4.78, 5) is 0. The van der Waals surface area contributed by atoms with Gasteiger partial charge in [-0.3, -0.25) is 0 Å². The lowest BCUT2D eigenvalue weighted by Crippen LogP contribution is -1.84. The molecule has 1 rings (SSSR count). The topological polar surface area (TPSA) is 0 Å². The average molecular weight is 159 g/mol. The lowest BCUT2D eigenvalue weighted by Gasteiger charge is -2.00. The molecule has 0 aliphatic heterocycles. The van der Waals surface area contributed by atoms with Crippen molar-refractivity contribution >= 4 is 11.6 Å². The molecule has 0 saturated heterocycles. The van der Waals surface area contributed by atoms with E-state index in [2.05, 4.69) is 0 Å². The van der Waals surface area contributed by atoms with Crippen LogP contribution in [-0.4, -0.2) is 0 Å². The highest BCUT2D eigenvalue weighted by molar-refractivity contribution is 6.31. The number of hydrogen-bond acceptors (Lipinski definition) is 0. The van der Waals surface area contributed by atoms with Crippen molar-refractivity contribution in [1.29, 1.82) is 0 Å². The fourth-order valence-electron chi connectivity index (χ4n) is 0.774. The summed E-state index contributed by atoms with van der Waals surface area (Å²) >= 11 is 5.68. The van der Waals surface area contributed by atoms with E-state index in [4.69, 9.17) is 11.6 Å². The minimum atomic E-state index is -0.270. The number of halogens is 2. The highest BCUT2D eigenvalue weighted by atomic mass is 35.5. The van der Waals surface area contributed by atoms with Gasteiger partial charge in [-0.25, -0.2) is 4.39 Å². The Morgan fingerprint density at radius 3 is 2.40 bits per heavy atom. The molecule has 0 heterocycles. The lowest BCUT2D eigenvalue weighted by atomic mass is 10.1. The van der Waals surface area contributed by atoms with Crippen molar-refractivity contribution in [3.8, 4) is 0 Å². The van der Waals surface area contributed by atoms with Crippen LogP contribution < -0.4 is 0 Å². The third kappa shape index (κ3) is 1.29. The predicted octanol–water partition coefficient (Wildman–Crippen LogP) is 3.10. The van der Waals surface area contributed by atoms with Crippen LogP contribution in [-0.2, 0) is 0 Å². The van der Waals surface area contributed by atoms with Crippen molar-refractivity contribution in [1.82, 2.24) is 0 Å². The maximum absolute atomic E-state index is 12.5. The van der Waals surface area contributed by atoms with Crippen LogP contribution in [0, 0.1) is 19.7 Å². The molecule has 0 aliphatic carbocycles. The molecule has 0 amide bonds. The van der Waals surface area contributed by atoms with E-state index in [-0.39, 0.29) is 5.82 Å². The molecule has 0 N–H and O–H groups in total. The number of rotatable bonds is 0. The molecule has 0 spiro atoms. The summed E-state index contributed by atoms with van der Waals surface area (Å²) in [6.07, 6.45) is 0. The van der Waals surface area contributed by atoms with E-state index in [1.807, 2.05) is 13.8 Å². The Labute approximate surface area is 64.6 Å². The van der Waals surface area contributed by atoms with E-state index in [1.54, 1.807) is 0 Å². The Morgan fingerprint density at radius 1 is 1.30 bits per heavy atom. The minimum Gasteiger partial charge on any atom is -0.207 e. The first kappa shape index (κ1) is 7.55. The molecule has 0 saturated carbocycles. The van der Waals surface area contributed by atoms with E-state index < -0.39 is 0 Å². The zero-order chi connectivity index (χ0) is 7.72. The fraction of sp³-hybridized carbons (Fsp3) is 0.250. The maximum Gasteiger partial charge on any atom is 0.124 e. The Bertz CT molecular complexity index is 232. The van der Waals surface area contributed by atoms with Gasteiger partial charge < -0.3 is 0 Å². The summed E-state index contributed by atoms with van der Waals surface area (Å²) in [6, 6.07) is 2.80. The summed E-state index contributed by atoms with van der Waals surface area (Å²) in [5, 5.41) is 0.498. The molecular weight excluding hydrogens is 151 g/mol. The summed E-state index contributed by atoms with van der Waals surface area (Å²) in [7, 11) is 0. The Morgan fingerprint density at radius 2 is 1.90 bits per heavy atom. The lowest BCUT2D eigenvalue weighted by molar-refractivity contribution is 0.626. The second kappa shape index (κ2) is 2.59. The molecule has 10 heavy (non-hydrogen) atoms. The molecule has 0 aliphatic rings. The quantitative estimate of drug-likeness (QED) is 0.544. The molecular formula is C8H8ClF. The first-order valence-electron chi connectivity index (χ1n) is 3.03. The van der Waals surface area contributed by atoms with Gasteiger partial charge >= 0.3 is 0 Å². The van der Waals surface area contributed by atoms with Gasteiger partial charge in [-0.05, 0) is 37.1 Å². The van der Waals surface area contributed by atoms with Crippen LogP contribution in [0.15, 0.2) is 12.1 Å². The van der Waals surface area contributed by atoms with E-state index in [9.17, 15) is 4.39 Å². The van der Waals surface area contributed by atoms with Crippen molar-refractivity contribution < 1.29 is 4.39 Å². The van der Waals surface area contributed by atoms with Gasteiger partial charge in [0.2, 0.25) is 0 Å². The van der Waals surface area contributed by atoms with Gasteiger partial charge in [0.1, 0.15) is 5.82 Å². The van der Waals surface area contributed by atoms with Gasteiger partial charge in [0, 0.05) is 5.02 Å². The summed E-state index contributed by atoms with van der Waals surface area (Å²) < 4.78 is 12.5. The molecule has 1 aromatic rings. The van der Waals surface area contributed by atoms with Gasteiger partial charge in [-0.1, -0.05) is 11.6 Å². The Hall–Kier alpha value is -0.560. The zero-order valence-corrected chi connectivity index (χ0v) is 6.67. The van der Waals surface area contributed by atoms with Gasteiger partial charge in [0.15, 0.2) is 0 Å². The van der Waals surface area contributed by atoms with Crippen LogP contribution in [0.3, 0.4) is 0 Å². The second-order valence-corrected chi connectivity index (χ2v) is 2.74. The summed E-state index contributed by atoms with van der Waals surface area (Å²) in [5.74, 6) is -0.270. The molecule has 0 nitrogen and oxygen atoms in total. The van der Waals surface area contributed by atoms with Gasteiger partial charge in [-0.15, -0.1) is 0 Å². The third-order valence-electron chi connectivity index (χ3n) is 1.57. The van der Waals surface area contributed by atoms with Crippen LogP contribution >= 0.6 is 11.6 Å². The van der Waals surface area contributed by atoms with E-state index >= 15 is 0 Å². The number of hydrogen-bond donors (Lipinski definition) is 0. The molecule has 54 valence electrons. The monoisotopic (exact) mass is 158 g/mol. The molecule has 0 unspecified atom stereocenters. The maximum atomic E-state index is 12.5. The molecule has 0 aromatic heterocycles. The minimum absolute atomic E-state index is 0.270. The van der Waals surface area contributed by atoms with Crippen LogP contribution in [0.4, 0.5) is 4.39 Å². The third-order valence-corrected chi connectivity index (χ3v) is 1.96. The van der Waals surface area contributed by atoms with Crippen LogP contribution in [0.5, 0.6) is 0 Å². The average Bonchev–Trinajstić information content (AvgIpc) is 1.82. The molecule has 1 aromatic carbocycles.